The van der Waals surface area contributed by atoms with Gasteiger partial charge in [-0.25, -0.2) is 16.8 Å². The number of fused-ring (bicyclic) bond motifs is 1. The Morgan fingerprint density at radius 1 is 0.809 bits per heavy atom. The van der Waals surface area contributed by atoms with E-state index in [1.807, 2.05) is 0 Å². The lowest BCUT2D eigenvalue weighted by Crippen LogP contribution is -2.53. The molecule has 3 aliphatic heterocycles. The molecule has 1 unspecified atom stereocenters. The number of rotatable bonds is 10. The van der Waals surface area contributed by atoms with E-state index in [0.29, 0.717) is 32.2 Å². The third kappa shape index (κ3) is 8.43. The summed E-state index contributed by atoms with van der Waals surface area (Å²) in [6.45, 7) is 16.3. The Morgan fingerprint density at radius 3 is 1.91 bits per heavy atom. The first kappa shape index (κ1) is 35.3. The first-order chi connectivity index (χ1) is 22.3. The van der Waals surface area contributed by atoms with E-state index in [2.05, 4.69) is 88.9 Å². The number of allylic oxidation sites excluding steroid dienone is 2. The molecule has 3 fully saturated rings. The third-order valence-electron chi connectivity index (χ3n) is 12.2. The fourth-order valence-corrected chi connectivity index (χ4v) is 11.9. The van der Waals surface area contributed by atoms with E-state index < -0.39 is 19.7 Å². The van der Waals surface area contributed by atoms with Crippen LogP contribution in [0.25, 0.3) is 0 Å². The Kier molecular flexibility index (Phi) is 10.5. The van der Waals surface area contributed by atoms with Crippen LogP contribution in [0.3, 0.4) is 0 Å². The maximum absolute atomic E-state index is 12.1. The molecule has 3 heterocycles. The van der Waals surface area contributed by atoms with Gasteiger partial charge in [-0.2, -0.15) is 0 Å². The third-order valence-corrected chi connectivity index (χ3v) is 15.4. The van der Waals surface area contributed by atoms with Crippen molar-refractivity contribution in [2.45, 2.75) is 64.3 Å². The maximum atomic E-state index is 12.1. The second-order valence-corrected chi connectivity index (χ2v) is 20.7. The van der Waals surface area contributed by atoms with Crippen molar-refractivity contribution >= 4 is 19.7 Å². The second kappa shape index (κ2) is 14.0. The van der Waals surface area contributed by atoms with Gasteiger partial charge in [-0.3, -0.25) is 9.80 Å². The van der Waals surface area contributed by atoms with Gasteiger partial charge >= 0.3 is 0 Å². The average Bonchev–Trinajstić information content (AvgIpc) is 3.03. The first-order valence-electron chi connectivity index (χ1n) is 18.0. The van der Waals surface area contributed by atoms with E-state index in [1.165, 1.54) is 18.4 Å². The molecule has 1 aromatic carbocycles. The smallest absolute Gasteiger partial charge is 0.152 e. The molecule has 0 amide bonds. The highest BCUT2D eigenvalue weighted by molar-refractivity contribution is 7.91. The van der Waals surface area contributed by atoms with Crippen LogP contribution in [-0.4, -0.2) is 137 Å². The largest absolute Gasteiger partial charge is 0.300 e. The minimum absolute atomic E-state index is 0.0600. The number of hydrogen-bond acceptors (Lipinski definition) is 8. The van der Waals surface area contributed by atoms with Crippen molar-refractivity contribution < 1.29 is 16.8 Å². The molecule has 5 aliphatic rings. The van der Waals surface area contributed by atoms with Crippen LogP contribution in [0.15, 0.2) is 54.1 Å². The van der Waals surface area contributed by atoms with Crippen molar-refractivity contribution in [2.75, 3.05) is 95.0 Å². The minimum Gasteiger partial charge on any atom is -0.300 e. The Bertz CT molecular complexity index is 1440. The van der Waals surface area contributed by atoms with Crippen molar-refractivity contribution in [2.24, 2.45) is 10.8 Å². The molecule has 1 atom stereocenters. The number of hydrogen-bond donors (Lipinski definition) is 0. The second-order valence-electron chi connectivity index (χ2n) is 16.1. The number of sulfone groups is 2. The lowest BCUT2D eigenvalue weighted by Gasteiger charge is -2.52. The standard InChI is InChI=1S/C37H58N4O4S2/c1-35(2)13-7-14-36(3)30-41(17-12-34(35)36)33-10-15-37(16-11-33,32-8-5-4-6-9-32)31-40(20-18-38-22-26-46(42,43)27-23-38)21-19-39-24-28-47(44,45)29-25-39/h4-9,12-13,33H,10-11,14-31H2,1-3H3. The quantitative estimate of drug-likeness (QED) is 0.344. The zero-order valence-corrected chi connectivity index (χ0v) is 30.7. The Labute approximate surface area is 285 Å². The van der Waals surface area contributed by atoms with Gasteiger partial charge in [-0.15, -0.1) is 0 Å². The monoisotopic (exact) mass is 686 g/mol. The molecule has 2 saturated heterocycles. The van der Waals surface area contributed by atoms with Gasteiger partial charge in [0, 0.05) is 94.3 Å². The van der Waals surface area contributed by atoms with Gasteiger partial charge < -0.3 is 9.80 Å². The van der Waals surface area contributed by atoms with Crippen molar-refractivity contribution in [1.29, 1.82) is 0 Å². The van der Waals surface area contributed by atoms with Crippen LogP contribution < -0.4 is 0 Å². The highest BCUT2D eigenvalue weighted by atomic mass is 32.2. The summed E-state index contributed by atoms with van der Waals surface area (Å²) in [6, 6.07) is 11.7. The molecule has 0 radical (unpaired) electrons. The summed E-state index contributed by atoms with van der Waals surface area (Å²) in [7, 11) is -5.82. The molecule has 262 valence electrons. The van der Waals surface area contributed by atoms with Gasteiger partial charge in [0.1, 0.15) is 0 Å². The Balaban J connectivity index is 1.16. The summed E-state index contributed by atoms with van der Waals surface area (Å²) in [5.74, 6) is 1.02. The molecular formula is C37H58N4O4S2. The molecule has 6 rings (SSSR count). The van der Waals surface area contributed by atoms with Crippen LogP contribution >= 0.6 is 0 Å². The summed E-state index contributed by atoms with van der Waals surface area (Å²) in [5, 5.41) is 0. The molecule has 0 bridgehead atoms. The molecule has 0 spiro atoms. The van der Waals surface area contributed by atoms with Gasteiger partial charge in [0.05, 0.1) is 23.0 Å². The van der Waals surface area contributed by atoms with Crippen LogP contribution in [-0.2, 0) is 25.1 Å². The summed E-state index contributed by atoms with van der Waals surface area (Å²) < 4.78 is 48.3. The van der Waals surface area contributed by atoms with E-state index in [4.69, 9.17) is 0 Å². The molecule has 0 N–H and O–H groups in total. The number of benzene rings is 1. The van der Waals surface area contributed by atoms with Gasteiger partial charge in [0.15, 0.2) is 19.7 Å². The van der Waals surface area contributed by atoms with E-state index in [0.717, 1.165) is 65.1 Å². The Morgan fingerprint density at radius 2 is 1.36 bits per heavy atom. The SMILES string of the molecule is CC1(C)C=CCC2(C)CN(C3CCC(CN(CCN4CCS(=O)(=O)CC4)CCN4CCS(=O)(=O)CC4)(c4ccccc4)CC3)CC=C12. The normalized spacial score (nSPS) is 32.9. The van der Waals surface area contributed by atoms with E-state index in [1.54, 1.807) is 5.57 Å². The first-order valence-corrected chi connectivity index (χ1v) is 21.7. The average molecular weight is 687 g/mol. The molecule has 10 heteroatoms. The zero-order chi connectivity index (χ0) is 33.3. The van der Waals surface area contributed by atoms with Crippen molar-refractivity contribution in [3.8, 4) is 0 Å². The van der Waals surface area contributed by atoms with E-state index in [9.17, 15) is 16.8 Å². The van der Waals surface area contributed by atoms with Crippen molar-refractivity contribution in [1.82, 2.24) is 19.6 Å². The summed E-state index contributed by atoms with van der Waals surface area (Å²) in [4.78, 5) is 10.0. The summed E-state index contributed by atoms with van der Waals surface area (Å²) in [5.41, 5.74) is 3.46. The zero-order valence-electron chi connectivity index (χ0n) is 29.1. The van der Waals surface area contributed by atoms with Crippen LogP contribution in [0.5, 0.6) is 0 Å². The molecule has 8 nitrogen and oxygen atoms in total. The predicted molar refractivity (Wildman–Crippen MR) is 192 cm³/mol. The maximum Gasteiger partial charge on any atom is 0.152 e. The molecule has 47 heavy (non-hydrogen) atoms. The highest BCUT2D eigenvalue weighted by Crippen LogP contribution is 2.50. The van der Waals surface area contributed by atoms with Gasteiger partial charge in [0.25, 0.3) is 0 Å². The fraction of sp³-hybridized carbons (Fsp3) is 0.730. The lowest BCUT2D eigenvalue weighted by atomic mass is 9.61. The van der Waals surface area contributed by atoms with E-state index in [-0.39, 0.29) is 39.3 Å². The topological polar surface area (TPSA) is 81.2 Å². The van der Waals surface area contributed by atoms with Crippen LogP contribution in [0.1, 0.15) is 58.4 Å². The molecular weight excluding hydrogens is 629 g/mol. The van der Waals surface area contributed by atoms with E-state index >= 15 is 0 Å². The van der Waals surface area contributed by atoms with Crippen LogP contribution in [0, 0.1) is 10.8 Å². The minimum atomic E-state index is -2.91. The molecule has 2 aliphatic carbocycles. The number of nitrogens with zero attached hydrogens (tertiary/aromatic N) is 4. The Hall–Kier alpha value is -1.56. The fourth-order valence-electron chi connectivity index (χ4n) is 9.31. The molecule has 1 aromatic rings. The van der Waals surface area contributed by atoms with Gasteiger partial charge in [0.2, 0.25) is 0 Å². The summed E-state index contributed by atoms with van der Waals surface area (Å²) in [6.07, 6.45) is 13.2. The van der Waals surface area contributed by atoms with Crippen molar-refractivity contribution in [3.05, 3.63) is 59.7 Å². The predicted octanol–water partition coefficient (Wildman–Crippen LogP) is 3.86. The molecule has 1 saturated carbocycles. The lowest BCUT2D eigenvalue weighted by molar-refractivity contribution is 0.0668. The summed E-state index contributed by atoms with van der Waals surface area (Å²) >= 11 is 0. The van der Waals surface area contributed by atoms with Crippen LogP contribution in [0.2, 0.25) is 0 Å². The van der Waals surface area contributed by atoms with Gasteiger partial charge in [-0.05, 0) is 37.7 Å². The van der Waals surface area contributed by atoms with Gasteiger partial charge in [-0.1, -0.05) is 74.9 Å². The van der Waals surface area contributed by atoms with Crippen LogP contribution in [0.4, 0.5) is 0 Å². The van der Waals surface area contributed by atoms with Crippen molar-refractivity contribution in [3.63, 3.8) is 0 Å². The highest BCUT2D eigenvalue weighted by Gasteiger charge is 2.45. The molecule has 0 aromatic heterocycles.